The maximum Gasteiger partial charge on any atom is 0.273 e. The van der Waals surface area contributed by atoms with Crippen LogP contribution in [0.2, 0.25) is 5.02 Å². The Kier molecular flexibility index (Phi) is 9.34. The molecule has 2 unspecified atom stereocenters. The molecular formula is C26H24ClF3N4O2S. The van der Waals surface area contributed by atoms with Gasteiger partial charge in [0.1, 0.15) is 22.9 Å². The lowest BCUT2D eigenvalue weighted by atomic mass is 9.96. The van der Waals surface area contributed by atoms with Crippen molar-refractivity contribution < 1.29 is 17.4 Å². The lowest BCUT2D eigenvalue weighted by molar-refractivity contribution is 0.576. The van der Waals surface area contributed by atoms with E-state index in [1.807, 2.05) is 0 Å². The van der Waals surface area contributed by atoms with Gasteiger partial charge in [-0.25, -0.2) is 23.1 Å². The van der Waals surface area contributed by atoms with Crippen molar-refractivity contribution in [3.05, 3.63) is 104 Å². The van der Waals surface area contributed by atoms with Crippen molar-refractivity contribution in [1.82, 2.24) is 14.5 Å². The molecule has 37 heavy (non-hydrogen) atoms. The fourth-order valence-corrected chi connectivity index (χ4v) is 4.62. The van der Waals surface area contributed by atoms with Gasteiger partial charge in [-0.2, -0.15) is 0 Å². The monoisotopic (exact) mass is 548 g/mol. The molecule has 194 valence electrons. The summed E-state index contributed by atoms with van der Waals surface area (Å²) in [6.07, 6.45) is 7.43. The molecule has 6 nitrogen and oxygen atoms in total. The second-order valence-electron chi connectivity index (χ2n) is 8.16. The first-order valence-corrected chi connectivity index (χ1v) is 13.0. The molecule has 0 saturated heterocycles. The molecule has 3 aromatic rings. The van der Waals surface area contributed by atoms with Crippen molar-refractivity contribution in [3.63, 3.8) is 0 Å². The second-order valence-corrected chi connectivity index (χ2v) is 9.89. The summed E-state index contributed by atoms with van der Waals surface area (Å²) < 4.78 is 57.5. The van der Waals surface area contributed by atoms with Gasteiger partial charge < -0.3 is 0 Å². The van der Waals surface area contributed by atoms with E-state index in [1.54, 1.807) is 26.8 Å². The molecule has 2 aromatic heterocycles. The van der Waals surface area contributed by atoms with Gasteiger partial charge in [0.2, 0.25) is 0 Å². The Labute approximate surface area is 219 Å². The Hall–Kier alpha value is -3.37. The van der Waals surface area contributed by atoms with Crippen molar-refractivity contribution in [2.24, 2.45) is 4.99 Å². The minimum atomic E-state index is -1.65. The maximum absolute atomic E-state index is 15.6. The predicted molar refractivity (Wildman–Crippen MR) is 140 cm³/mol. The maximum atomic E-state index is 15.6. The van der Waals surface area contributed by atoms with E-state index in [1.165, 1.54) is 43.1 Å². The molecule has 0 bridgehead atoms. The summed E-state index contributed by atoms with van der Waals surface area (Å²) in [5.74, 6) is -2.85. The zero-order chi connectivity index (χ0) is 27.3. The fourth-order valence-electron chi connectivity index (χ4n) is 3.65. The van der Waals surface area contributed by atoms with E-state index in [4.69, 9.17) is 11.6 Å². The molecule has 0 N–H and O–H groups in total. The van der Waals surface area contributed by atoms with Crippen LogP contribution in [0.3, 0.4) is 0 Å². The standard InChI is InChI=1S/C26H24ClF3N4O2S/c1-5-9-32-25(17-7-6-8-22(24(17)30)37(4)36)20(29)13-34-16(3)11-18(23(27)26(34)35)15(2)10-21-19(28)12-31-14-33-21/h5-9,11-15H,10H2,1-4H3/b9-5+,20-13-,32-25+. The second kappa shape index (κ2) is 12.2. The number of benzene rings is 1. The summed E-state index contributed by atoms with van der Waals surface area (Å²) >= 11 is 6.37. The largest absolute Gasteiger partial charge is 0.284 e. The third-order valence-electron chi connectivity index (χ3n) is 5.53. The van der Waals surface area contributed by atoms with Gasteiger partial charge >= 0.3 is 0 Å². The molecule has 0 amide bonds. The smallest absolute Gasteiger partial charge is 0.273 e. The van der Waals surface area contributed by atoms with E-state index in [2.05, 4.69) is 15.0 Å². The number of halogens is 4. The topological polar surface area (TPSA) is 77.2 Å². The van der Waals surface area contributed by atoms with E-state index in [9.17, 15) is 13.4 Å². The van der Waals surface area contributed by atoms with Crippen molar-refractivity contribution in [2.45, 2.75) is 38.0 Å². The SMILES string of the molecule is C/C=C/N=C(/C(F)=C/n1c(C)cc(C(C)Cc2ncncc2F)c(Cl)c1=O)c1cccc(S(C)=O)c1F. The quantitative estimate of drug-likeness (QED) is 0.336. The Morgan fingerprint density at radius 1 is 1.32 bits per heavy atom. The zero-order valence-corrected chi connectivity index (χ0v) is 22.1. The zero-order valence-electron chi connectivity index (χ0n) is 20.5. The summed E-state index contributed by atoms with van der Waals surface area (Å²) in [6, 6.07) is 5.69. The number of aryl methyl sites for hydroxylation is 1. The number of pyridine rings is 1. The Morgan fingerprint density at radius 2 is 2.05 bits per heavy atom. The molecule has 0 saturated carbocycles. The van der Waals surface area contributed by atoms with Gasteiger partial charge in [-0.1, -0.05) is 30.7 Å². The number of aromatic nitrogens is 3. The van der Waals surface area contributed by atoms with Crippen molar-refractivity contribution in [1.29, 1.82) is 0 Å². The molecule has 0 aliphatic heterocycles. The molecule has 0 aliphatic carbocycles. The van der Waals surface area contributed by atoms with E-state index in [0.29, 0.717) is 11.3 Å². The fraction of sp³-hybridized carbons (Fsp3) is 0.231. The van der Waals surface area contributed by atoms with Crippen LogP contribution in [0.5, 0.6) is 0 Å². The first-order chi connectivity index (χ1) is 17.6. The predicted octanol–water partition coefficient (Wildman–Crippen LogP) is 5.75. The number of allylic oxidation sites excluding steroid dienone is 2. The lowest BCUT2D eigenvalue weighted by Crippen LogP contribution is -2.22. The van der Waals surface area contributed by atoms with Gasteiger partial charge in [0.15, 0.2) is 11.6 Å². The third-order valence-corrected chi connectivity index (χ3v) is 6.84. The normalized spacial score (nSPS) is 14.3. The van der Waals surface area contributed by atoms with E-state index in [-0.39, 0.29) is 39.2 Å². The number of nitrogens with zero attached hydrogens (tertiary/aromatic N) is 4. The van der Waals surface area contributed by atoms with Crippen LogP contribution in [-0.4, -0.2) is 30.7 Å². The minimum absolute atomic E-state index is 0.103. The Balaban J connectivity index is 2.07. The van der Waals surface area contributed by atoms with Crippen LogP contribution in [0.1, 0.15) is 42.3 Å². The van der Waals surface area contributed by atoms with E-state index in [0.717, 1.165) is 17.0 Å². The van der Waals surface area contributed by atoms with Gasteiger partial charge in [0.25, 0.3) is 5.56 Å². The molecule has 2 atom stereocenters. The Bertz CT molecular complexity index is 1500. The molecule has 3 rings (SSSR count). The summed E-state index contributed by atoms with van der Waals surface area (Å²) in [4.78, 5) is 24.6. The van der Waals surface area contributed by atoms with E-state index < -0.39 is 33.8 Å². The number of hydrogen-bond acceptors (Lipinski definition) is 5. The first-order valence-electron chi connectivity index (χ1n) is 11.1. The highest BCUT2D eigenvalue weighted by Crippen LogP contribution is 2.27. The molecule has 0 aliphatic rings. The minimum Gasteiger partial charge on any atom is -0.284 e. The average molecular weight is 549 g/mol. The molecule has 2 heterocycles. The van der Waals surface area contributed by atoms with Gasteiger partial charge in [-0.05, 0) is 49.9 Å². The average Bonchev–Trinajstić information content (AvgIpc) is 2.86. The number of rotatable bonds is 8. The highest BCUT2D eigenvalue weighted by molar-refractivity contribution is 7.84. The lowest BCUT2D eigenvalue weighted by Gasteiger charge is -2.16. The van der Waals surface area contributed by atoms with Gasteiger partial charge in [0.05, 0.1) is 33.8 Å². The summed E-state index contributed by atoms with van der Waals surface area (Å²) in [5.41, 5.74) is -0.358. The number of aliphatic imine (C=N–C) groups is 1. The molecule has 0 spiro atoms. The molecule has 11 heteroatoms. The summed E-state index contributed by atoms with van der Waals surface area (Å²) in [7, 11) is -1.65. The van der Waals surface area contributed by atoms with Crippen LogP contribution >= 0.6 is 11.6 Å². The van der Waals surface area contributed by atoms with Crippen LogP contribution < -0.4 is 5.56 Å². The molecular weight excluding hydrogens is 525 g/mol. The van der Waals surface area contributed by atoms with Gasteiger partial charge in [-0.15, -0.1) is 0 Å². The Morgan fingerprint density at radius 3 is 2.70 bits per heavy atom. The van der Waals surface area contributed by atoms with Crippen molar-refractivity contribution >= 4 is 34.3 Å². The van der Waals surface area contributed by atoms with Gasteiger partial charge in [0, 0.05) is 23.7 Å². The van der Waals surface area contributed by atoms with Crippen LogP contribution in [0, 0.1) is 18.6 Å². The molecule has 0 radical (unpaired) electrons. The third kappa shape index (κ3) is 6.31. The molecule has 0 fully saturated rings. The summed E-state index contributed by atoms with van der Waals surface area (Å²) in [6.45, 7) is 4.99. The first kappa shape index (κ1) is 28.2. The highest BCUT2D eigenvalue weighted by Gasteiger charge is 2.21. The van der Waals surface area contributed by atoms with Crippen LogP contribution in [0.15, 0.2) is 69.6 Å². The van der Waals surface area contributed by atoms with Crippen LogP contribution in [-0.2, 0) is 17.2 Å². The van der Waals surface area contributed by atoms with Gasteiger partial charge in [-0.3, -0.25) is 18.6 Å². The van der Waals surface area contributed by atoms with Crippen molar-refractivity contribution in [2.75, 3.05) is 6.26 Å². The number of hydrogen-bond donors (Lipinski definition) is 0. The van der Waals surface area contributed by atoms with E-state index >= 15 is 8.78 Å². The van der Waals surface area contributed by atoms with Crippen LogP contribution in [0.25, 0.3) is 6.20 Å². The highest BCUT2D eigenvalue weighted by atomic mass is 35.5. The summed E-state index contributed by atoms with van der Waals surface area (Å²) in [5, 5.41) is -0.168. The van der Waals surface area contributed by atoms with Crippen molar-refractivity contribution in [3.8, 4) is 0 Å². The molecule has 1 aromatic carbocycles. The van der Waals surface area contributed by atoms with Crippen LogP contribution in [0.4, 0.5) is 13.2 Å².